The van der Waals surface area contributed by atoms with Gasteiger partial charge in [0.2, 0.25) is 0 Å². The van der Waals surface area contributed by atoms with Crippen LogP contribution in [0.4, 0.5) is 5.69 Å². The van der Waals surface area contributed by atoms with Gasteiger partial charge in [-0.05, 0) is 18.2 Å². The molecule has 0 amide bonds. The lowest BCUT2D eigenvalue weighted by atomic mass is 10.3. The number of imidazole rings is 1. The zero-order valence-electron chi connectivity index (χ0n) is 10.2. The summed E-state index contributed by atoms with van der Waals surface area (Å²) in [5, 5.41) is 9.60. The van der Waals surface area contributed by atoms with Gasteiger partial charge < -0.3 is 20.0 Å². The number of nitrogens with two attached hydrogens (primary N) is 1. The molecule has 3 rings (SSSR count). The second-order valence-electron chi connectivity index (χ2n) is 4.21. The van der Waals surface area contributed by atoms with Gasteiger partial charge in [0.25, 0.3) is 0 Å². The standard InChI is InChI=1S/C14H13N3O2/c15-10-5-6-17-8-11(16-14(17)7-10)9-19-13-4-2-1-3-12(13)18/h1-8,18H,9,15H2. The minimum absolute atomic E-state index is 0.121. The first kappa shape index (κ1) is 11.4. The van der Waals surface area contributed by atoms with Gasteiger partial charge >= 0.3 is 0 Å². The quantitative estimate of drug-likeness (QED) is 0.752. The molecule has 0 atom stereocenters. The Morgan fingerprint density at radius 3 is 2.95 bits per heavy atom. The summed E-state index contributed by atoms with van der Waals surface area (Å²) in [6, 6.07) is 10.4. The smallest absolute Gasteiger partial charge is 0.161 e. The fraction of sp³-hybridized carbons (Fsp3) is 0.0714. The number of hydrogen-bond acceptors (Lipinski definition) is 4. The molecule has 0 saturated heterocycles. The lowest BCUT2D eigenvalue weighted by Gasteiger charge is -2.05. The first-order chi connectivity index (χ1) is 9.22. The average molecular weight is 255 g/mol. The maximum absolute atomic E-state index is 9.60. The van der Waals surface area contributed by atoms with Crippen LogP contribution in [0.25, 0.3) is 5.65 Å². The Morgan fingerprint density at radius 2 is 2.11 bits per heavy atom. The molecule has 0 aliphatic carbocycles. The minimum Gasteiger partial charge on any atom is -0.504 e. The highest BCUT2D eigenvalue weighted by molar-refractivity contribution is 5.52. The molecule has 0 unspecified atom stereocenters. The van der Waals surface area contributed by atoms with Crippen LogP contribution in [0.2, 0.25) is 0 Å². The first-order valence-corrected chi connectivity index (χ1v) is 5.86. The Hall–Kier alpha value is -2.69. The Labute approximate surface area is 109 Å². The molecule has 19 heavy (non-hydrogen) atoms. The van der Waals surface area contributed by atoms with Crippen molar-refractivity contribution in [2.24, 2.45) is 0 Å². The van der Waals surface area contributed by atoms with Crippen molar-refractivity contribution in [2.75, 3.05) is 5.73 Å². The molecule has 96 valence electrons. The lowest BCUT2D eigenvalue weighted by molar-refractivity contribution is 0.285. The molecule has 3 N–H and O–H groups in total. The number of hydrogen-bond donors (Lipinski definition) is 2. The summed E-state index contributed by atoms with van der Waals surface area (Å²) in [5.41, 5.74) is 7.92. The van der Waals surface area contributed by atoms with Gasteiger partial charge in [-0.2, -0.15) is 0 Å². The van der Waals surface area contributed by atoms with Crippen molar-refractivity contribution < 1.29 is 9.84 Å². The minimum atomic E-state index is 0.121. The number of fused-ring (bicyclic) bond motifs is 1. The number of aromatic nitrogens is 2. The number of para-hydroxylation sites is 2. The van der Waals surface area contributed by atoms with E-state index in [2.05, 4.69) is 4.98 Å². The van der Waals surface area contributed by atoms with Gasteiger partial charge in [0.15, 0.2) is 11.5 Å². The highest BCUT2D eigenvalue weighted by Gasteiger charge is 2.05. The molecule has 5 heteroatoms. The third-order valence-corrected chi connectivity index (χ3v) is 2.77. The number of phenols is 1. The van der Waals surface area contributed by atoms with E-state index in [0.717, 1.165) is 11.3 Å². The van der Waals surface area contributed by atoms with Gasteiger partial charge in [0.05, 0.1) is 5.69 Å². The summed E-state index contributed by atoms with van der Waals surface area (Å²) in [7, 11) is 0. The summed E-state index contributed by atoms with van der Waals surface area (Å²) in [6.07, 6.45) is 3.72. The molecule has 1 aromatic carbocycles. The second kappa shape index (κ2) is 4.53. The van der Waals surface area contributed by atoms with Crippen LogP contribution >= 0.6 is 0 Å². The molecular formula is C14H13N3O2. The van der Waals surface area contributed by atoms with Gasteiger partial charge in [0, 0.05) is 24.1 Å². The van der Waals surface area contributed by atoms with Crippen LogP contribution in [0.1, 0.15) is 5.69 Å². The molecule has 0 saturated carbocycles. The van der Waals surface area contributed by atoms with Crippen LogP contribution in [0.3, 0.4) is 0 Å². The number of rotatable bonds is 3. The van der Waals surface area contributed by atoms with Crippen molar-refractivity contribution in [3.63, 3.8) is 0 Å². The maximum Gasteiger partial charge on any atom is 0.161 e. The van der Waals surface area contributed by atoms with Crippen molar-refractivity contribution in [2.45, 2.75) is 6.61 Å². The third kappa shape index (κ3) is 2.30. The Balaban J connectivity index is 1.80. The molecule has 3 aromatic rings. The van der Waals surface area contributed by atoms with Gasteiger partial charge in [-0.25, -0.2) is 4.98 Å². The number of nitrogens with zero attached hydrogens (tertiary/aromatic N) is 2. The molecule has 0 radical (unpaired) electrons. The number of anilines is 1. The van der Waals surface area contributed by atoms with E-state index in [0.29, 0.717) is 18.0 Å². The van der Waals surface area contributed by atoms with E-state index in [1.807, 2.05) is 22.9 Å². The van der Waals surface area contributed by atoms with Crippen molar-refractivity contribution in [3.05, 3.63) is 54.5 Å². The van der Waals surface area contributed by atoms with Gasteiger partial charge in [0.1, 0.15) is 12.3 Å². The molecule has 2 aromatic heterocycles. The lowest BCUT2D eigenvalue weighted by Crippen LogP contribution is -1.95. The van der Waals surface area contributed by atoms with Crippen LogP contribution in [0, 0.1) is 0 Å². The second-order valence-corrected chi connectivity index (χ2v) is 4.21. The number of benzene rings is 1. The Morgan fingerprint density at radius 1 is 1.26 bits per heavy atom. The topological polar surface area (TPSA) is 72.8 Å². The van der Waals surface area contributed by atoms with Crippen LogP contribution in [0.5, 0.6) is 11.5 Å². The Bertz CT molecular complexity index is 722. The SMILES string of the molecule is Nc1ccn2cc(COc3ccccc3O)nc2c1. The molecule has 2 heterocycles. The Kier molecular flexibility index (Phi) is 2.72. The van der Waals surface area contributed by atoms with Gasteiger partial charge in [-0.3, -0.25) is 0 Å². The monoisotopic (exact) mass is 255 g/mol. The van der Waals surface area contributed by atoms with E-state index in [-0.39, 0.29) is 5.75 Å². The fourth-order valence-corrected chi connectivity index (χ4v) is 1.85. The van der Waals surface area contributed by atoms with E-state index >= 15 is 0 Å². The molecular weight excluding hydrogens is 242 g/mol. The molecule has 5 nitrogen and oxygen atoms in total. The number of phenolic OH excluding ortho intramolecular Hbond substituents is 1. The first-order valence-electron chi connectivity index (χ1n) is 5.86. The number of ether oxygens (including phenoxy) is 1. The molecule has 0 bridgehead atoms. The van der Waals surface area contributed by atoms with E-state index in [9.17, 15) is 5.11 Å². The predicted octanol–water partition coefficient (Wildman–Crippen LogP) is 2.20. The highest BCUT2D eigenvalue weighted by Crippen LogP contribution is 2.25. The van der Waals surface area contributed by atoms with Crippen LogP contribution < -0.4 is 10.5 Å². The number of aromatic hydroxyl groups is 1. The summed E-state index contributed by atoms with van der Waals surface area (Å²) in [6.45, 7) is 0.291. The zero-order valence-corrected chi connectivity index (χ0v) is 10.2. The normalized spacial score (nSPS) is 10.7. The van der Waals surface area contributed by atoms with Crippen molar-refractivity contribution >= 4 is 11.3 Å². The molecule has 0 fully saturated rings. The highest BCUT2D eigenvalue weighted by atomic mass is 16.5. The fourth-order valence-electron chi connectivity index (χ4n) is 1.85. The van der Waals surface area contributed by atoms with Gasteiger partial charge in [-0.15, -0.1) is 0 Å². The maximum atomic E-state index is 9.60. The third-order valence-electron chi connectivity index (χ3n) is 2.77. The largest absolute Gasteiger partial charge is 0.504 e. The van der Waals surface area contributed by atoms with Crippen LogP contribution in [-0.2, 0) is 6.61 Å². The van der Waals surface area contributed by atoms with E-state index in [4.69, 9.17) is 10.5 Å². The molecule has 0 aliphatic rings. The number of pyridine rings is 1. The summed E-state index contributed by atoms with van der Waals surface area (Å²) < 4.78 is 7.40. The summed E-state index contributed by atoms with van der Waals surface area (Å²) in [5.74, 6) is 0.564. The molecule has 0 aliphatic heterocycles. The predicted molar refractivity (Wildman–Crippen MR) is 72.0 cm³/mol. The molecule has 0 spiro atoms. The van der Waals surface area contributed by atoms with E-state index < -0.39 is 0 Å². The zero-order chi connectivity index (χ0) is 13.2. The number of nitrogen functional groups attached to an aromatic ring is 1. The van der Waals surface area contributed by atoms with Crippen LogP contribution in [-0.4, -0.2) is 14.5 Å². The van der Waals surface area contributed by atoms with Crippen molar-refractivity contribution in [1.82, 2.24) is 9.38 Å². The van der Waals surface area contributed by atoms with Crippen LogP contribution in [0.15, 0.2) is 48.8 Å². The van der Waals surface area contributed by atoms with E-state index in [1.54, 1.807) is 30.3 Å². The van der Waals surface area contributed by atoms with E-state index in [1.165, 1.54) is 0 Å². The average Bonchev–Trinajstić information content (AvgIpc) is 2.79. The summed E-state index contributed by atoms with van der Waals surface area (Å²) in [4.78, 5) is 4.39. The van der Waals surface area contributed by atoms with Gasteiger partial charge in [-0.1, -0.05) is 12.1 Å². The van der Waals surface area contributed by atoms with Crippen molar-refractivity contribution in [1.29, 1.82) is 0 Å². The van der Waals surface area contributed by atoms with Crippen molar-refractivity contribution in [3.8, 4) is 11.5 Å². The summed E-state index contributed by atoms with van der Waals surface area (Å²) >= 11 is 0.